The maximum atomic E-state index is 13.2. The number of urea groups is 1. The first-order chi connectivity index (χ1) is 17.4. The van der Waals surface area contributed by atoms with Gasteiger partial charge < -0.3 is 4.74 Å². The molecule has 1 saturated heterocycles. The largest absolute Gasteiger partial charge is 0.489 e. The highest BCUT2D eigenvalue weighted by molar-refractivity contribution is 6.39. The minimum absolute atomic E-state index is 0.131. The summed E-state index contributed by atoms with van der Waals surface area (Å²) in [6.07, 6.45) is 4.59. The van der Waals surface area contributed by atoms with Crippen molar-refractivity contribution in [2.24, 2.45) is 0 Å². The van der Waals surface area contributed by atoms with Crippen molar-refractivity contribution < 1.29 is 19.1 Å². The zero-order valence-corrected chi connectivity index (χ0v) is 20.5. The summed E-state index contributed by atoms with van der Waals surface area (Å²) in [7, 11) is 0. The molecule has 6 nitrogen and oxygen atoms in total. The van der Waals surface area contributed by atoms with Crippen LogP contribution in [0.15, 0.2) is 85.0 Å². The van der Waals surface area contributed by atoms with Crippen molar-refractivity contribution in [1.29, 1.82) is 0 Å². The lowest BCUT2D eigenvalue weighted by Crippen LogP contribution is -2.54. The van der Waals surface area contributed by atoms with Crippen LogP contribution in [0, 0.1) is 0 Å². The number of anilines is 1. The summed E-state index contributed by atoms with van der Waals surface area (Å²) >= 11 is 5.95. The Balaban J connectivity index is 1.60. The third-order valence-corrected chi connectivity index (χ3v) is 6.02. The van der Waals surface area contributed by atoms with Crippen LogP contribution in [0.4, 0.5) is 10.5 Å². The number of nitrogens with zero attached hydrogens (tertiary/aromatic N) is 1. The van der Waals surface area contributed by atoms with Crippen LogP contribution in [0.2, 0.25) is 5.02 Å². The molecule has 1 heterocycles. The summed E-state index contributed by atoms with van der Waals surface area (Å²) in [5.74, 6) is -0.750. The van der Waals surface area contributed by atoms with Crippen molar-refractivity contribution in [1.82, 2.24) is 5.32 Å². The molecular weight excluding hydrogens is 476 g/mol. The lowest BCUT2D eigenvalue weighted by Gasteiger charge is -2.26. The van der Waals surface area contributed by atoms with Crippen molar-refractivity contribution in [3.8, 4) is 5.75 Å². The molecule has 0 spiro atoms. The molecule has 0 radical (unpaired) electrons. The van der Waals surface area contributed by atoms with Crippen LogP contribution in [-0.4, -0.2) is 17.8 Å². The third-order valence-electron chi connectivity index (χ3n) is 5.77. The Morgan fingerprint density at radius 1 is 0.972 bits per heavy atom. The first kappa shape index (κ1) is 24.9. The van der Waals surface area contributed by atoms with Crippen LogP contribution >= 0.6 is 11.6 Å². The predicted octanol–water partition coefficient (Wildman–Crippen LogP) is 5.88. The van der Waals surface area contributed by atoms with Crippen molar-refractivity contribution >= 4 is 41.2 Å². The second-order valence-corrected chi connectivity index (χ2v) is 8.69. The molecule has 0 aromatic heterocycles. The Hall–Kier alpha value is -4.16. The fourth-order valence-corrected chi connectivity index (χ4v) is 3.95. The molecular formula is C29H25ClN2O4. The zero-order valence-electron chi connectivity index (χ0n) is 19.8. The molecule has 3 aromatic rings. The molecule has 36 heavy (non-hydrogen) atoms. The molecule has 1 aliphatic heterocycles. The maximum absolute atomic E-state index is 13.2. The minimum Gasteiger partial charge on any atom is -0.489 e. The van der Waals surface area contributed by atoms with Gasteiger partial charge in [-0.2, -0.15) is 0 Å². The van der Waals surface area contributed by atoms with E-state index < -0.39 is 17.8 Å². The van der Waals surface area contributed by atoms with Crippen LogP contribution in [0.1, 0.15) is 29.2 Å². The molecule has 7 heteroatoms. The number of carbonyl (C=O) groups is 3. The monoisotopic (exact) mass is 500 g/mol. The van der Waals surface area contributed by atoms with E-state index in [-0.39, 0.29) is 5.57 Å². The number of carbonyl (C=O) groups excluding carboxylic acids is 3. The minimum atomic E-state index is -0.773. The number of amides is 4. The van der Waals surface area contributed by atoms with Gasteiger partial charge in [-0.15, -0.1) is 6.58 Å². The van der Waals surface area contributed by atoms with E-state index in [1.807, 2.05) is 37.3 Å². The number of hydrogen-bond donors (Lipinski definition) is 1. The van der Waals surface area contributed by atoms with Gasteiger partial charge in [0.15, 0.2) is 0 Å². The molecule has 4 amide bonds. The van der Waals surface area contributed by atoms with E-state index in [4.69, 9.17) is 16.3 Å². The average molecular weight is 501 g/mol. The van der Waals surface area contributed by atoms with Gasteiger partial charge in [0, 0.05) is 5.02 Å². The first-order valence-electron chi connectivity index (χ1n) is 11.5. The first-order valence-corrected chi connectivity index (χ1v) is 11.9. The molecule has 1 aliphatic rings. The van der Waals surface area contributed by atoms with Crippen molar-refractivity contribution in [2.45, 2.75) is 26.4 Å². The Morgan fingerprint density at radius 2 is 1.67 bits per heavy atom. The van der Waals surface area contributed by atoms with Crippen LogP contribution in [0.5, 0.6) is 5.75 Å². The van der Waals surface area contributed by atoms with E-state index in [0.717, 1.165) is 28.0 Å². The third kappa shape index (κ3) is 5.56. The number of allylic oxidation sites excluding steroid dienone is 1. The molecule has 0 bridgehead atoms. The standard InChI is InChI=1S/C29H25ClN2O4/c1-3-5-22-16-21(10-15-26(22)36-18-20-6-11-23(30)12-7-20)17-25-27(33)31-29(35)32(28(25)34)24-13-8-19(4-2)9-14-24/h3,6-17H,1,4-5,18H2,2H3,(H,31,33,35)/b25-17-. The molecule has 0 atom stereocenters. The lowest BCUT2D eigenvalue weighted by atomic mass is 10.0. The highest BCUT2D eigenvalue weighted by Crippen LogP contribution is 2.26. The smallest absolute Gasteiger partial charge is 0.335 e. The van der Waals surface area contributed by atoms with E-state index >= 15 is 0 Å². The Labute approximate surface area is 214 Å². The van der Waals surface area contributed by atoms with Gasteiger partial charge >= 0.3 is 6.03 Å². The summed E-state index contributed by atoms with van der Waals surface area (Å²) in [6, 6.07) is 19.1. The molecule has 182 valence electrons. The molecule has 3 aromatic carbocycles. The average Bonchev–Trinajstić information content (AvgIpc) is 2.87. The number of nitrogens with one attached hydrogen (secondary N) is 1. The van der Waals surface area contributed by atoms with Gasteiger partial charge in [-0.3, -0.25) is 14.9 Å². The number of ether oxygens (including phenoxy) is 1. The summed E-state index contributed by atoms with van der Waals surface area (Å²) in [5, 5.41) is 2.92. The topological polar surface area (TPSA) is 75.7 Å². The second kappa shape index (κ2) is 11.1. The van der Waals surface area contributed by atoms with E-state index in [0.29, 0.717) is 35.1 Å². The van der Waals surface area contributed by atoms with Crippen molar-refractivity contribution in [3.05, 3.63) is 112 Å². The molecule has 0 unspecified atom stereocenters. The van der Waals surface area contributed by atoms with Gasteiger partial charge in [0.05, 0.1) is 5.69 Å². The quantitative estimate of drug-likeness (QED) is 0.238. The molecule has 1 fully saturated rings. The number of halogens is 1. The van der Waals surface area contributed by atoms with Crippen molar-refractivity contribution in [3.63, 3.8) is 0 Å². The SMILES string of the molecule is C=CCc1cc(/C=C2/C(=O)NC(=O)N(c3ccc(CC)cc3)C2=O)ccc1OCc1ccc(Cl)cc1. The molecule has 4 rings (SSSR count). The molecule has 0 saturated carbocycles. The van der Waals surface area contributed by atoms with Gasteiger partial charge in [0.25, 0.3) is 11.8 Å². The number of aryl methyl sites for hydroxylation is 1. The summed E-state index contributed by atoms with van der Waals surface area (Å²) in [5.41, 5.74) is 3.78. The second-order valence-electron chi connectivity index (χ2n) is 8.25. The van der Waals surface area contributed by atoms with Gasteiger partial charge in [0.1, 0.15) is 17.9 Å². The van der Waals surface area contributed by atoms with Crippen LogP contribution in [-0.2, 0) is 29.0 Å². The van der Waals surface area contributed by atoms with E-state index in [1.54, 1.807) is 42.5 Å². The summed E-state index contributed by atoms with van der Waals surface area (Å²) < 4.78 is 6.00. The van der Waals surface area contributed by atoms with Crippen LogP contribution in [0.3, 0.4) is 0 Å². The van der Waals surface area contributed by atoms with E-state index in [9.17, 15) is 14.4 Å². The lowest BCUT2D eigenvalue weighted by molar-refractivity contribution is -0.122. The van der Waals surface area contributed by atoms with Crippen molar-refractivity contribution in [2.75, 3.05) is 4.90 Å². The number of imide groups is 2. The normalized spacial score (nSPS) is 14.7. The highest BCUT2D eigenvalue weighted by Gasteiger charge is 2.36. The predicted molar refractivity (Wildman–Crippen MR) is 141 cm³/mol. The Morgan fingerprint density at radius 3 is 2.33 bits per heavy atom. The Bertz CT molecular complexity index is 1340. The van der Waals surface area contributed by atoms with Gasteiger partial charge in [-0.25, -0.2) is 9.69 Å². The van der Waals surface area contributed by atoms with E-state index in [2.05, 4.69) is 11.9 Å². The zero-order chi connectivity index (χ0) is 25.7. The summed E-state index contributed by atoms with van der Waals surface area (Å²) in [4.78, 5) is 39.2. The van der Waals surface area contributed by atoms with Gasteiger partial charge in [-0.1, -0.05) is 54.9 Å². The molecule has 0 aliphatic carbocycles. The number of hydrogen-bond acceptors (Lipinski definition) is 4. The summed E-state index contributed by atoms with van der Waals surface area (Å²) in [6.45, 7) is 6.18. The fourth-order valence-electron chi connectivity index (χ4n) is 3.83. The van der Waals surface area contributed by atoms with Crippen LogP contribution in [0.25, 0.3) is 6.08 Å². The number of benzene rings is 3. The number of barbiturate groups is 1. The molecule has 1 N–H and O–H groups in total. The van der Waals surface area contributed by atoms with E-state index in [1.165, 1.54) is 6.08 Å². The highest BCUT2D eigenvalue weighted by atomic mass is 35.5. The van der Waals surface area contributed by atoms with Gasteiger partial charge in [0.2, 0.25) is 0 Å². The van der Waals surface area contributed by atoms with Crippen LogP contribution < -0.4 is 15.0 Å². The maximum Gasteiger partial charge on any atom is 0.335 e. The van der Waals surface area contributed by atoms with Gasteiger partial charge in [-0.05, 0) is 77.6 Å². The fraction of sp³-hybridized carbons (Fsp3) is 0.138. The Kier molecular flexibility index (Phi) is 7.66. The number of rotatable bonds is 8.